The molecule has 0 aliphatic carbocycles. The summed E-state index contributed by atoms with van der Waals surface area (Å²) in [4.78, 5) is 12.8. The minimum atomic E-state index is -0.375. The summed E-state index contributed by atoms with van der Waals surface area (Å²) >= 11 is 0. The van der Waals surface area contributed by atoms with E-state index in [4.69, 9.17) is 10.5 Å². The second kappa shape index (κ2) is 6.24. The van der Waals surface area contributed by atoms with Crippen LogP contribution in [0, 0.1) is 0 Å². The molecule has 0 fully saturated rings. The predicted molar refractivity (Wildman–Crippen MR) is 106 cm³/mol. The molecule has 3 heteroatoms. The molecule has 1 heterocycles. The zero-order valence-corrected chi connectivity index (χ0v) is 16.6. The number of carbonyl (C=O) groups is 1. The Morgan fingerprint density at radius 3 is 2.08 bits per heavy atom. The molecule has 2 aromatic rings. The maximum atomic E-state index is 12.8. The van der Waals surface area contributed by atoms with Crippen LogP contribution in [0.5, 0.6) is 5.75 Å². The lowest BCUT2D eigenvalue weighted by Gasteiger charge is -2.27. The van der Waals surface area contributed by atoms with E-state index in [0.717, 1.165) is 28.0 Å². The molecule has 3 rings (SSSR count). The monoisotopic (exact) mass is 351 g/mol. The van der Waals surface area contributed by atoms with Crippen molar-refractivity contribution in [2.24, 2.45) is 5.73 Å². The zero-order chi connectivity index (χ0) is 19.3. The highest BCUT2D eigenvalue weighted by Gasteiger charge is 2.39. The summed E-state index contributed by atoms with van der Waals surface area (Å²) in [5.74, 6) is 0.167. The number of benzene rings is 2. The fraction of sp³-hybridized carbons (Fsp3) is 0.435. The van der Waals surface area contributed by atoms with Crippen LogP contribution in [0.25, 0.3) is 0 Å². The standard InChI is InChI=1S/C23H29NO2/c1-22(2,3)16-11-17-19(15-9-7-14(13-24)8-10-15)21(25)26-20(17)18(12-16)23(4,5)6/h7-12,19H,13,24H2,1-6H3. The molecule has 0 bridgehead atoms. The van der Waals surface area contributed by atoms with Crippen LogP contribution in [0.1, 0.15) is 75.3 Å². The normalized spacial score (nSPS) is 17.2. The summed E-state index contributed by atoms with van der Waals surface area (Å²) < 4.78 is 5.79. The molecule has 1 unspecified atom stereocenters. The first-order valence-electron chi connectivity index (χ1n) is 9.22. The fourth-order valence-electron chi connectivity index (χ4n) is 3.42. The van der Waals surface area contributed by atoms with Crippen molar-refractivity contribution in [3.63, 3.8) is 0 Å². The number of fused-ring (bicyclic) bond motifs is 1. The fourth-order valence-corrected chi connectivity index (χ4v) is 3.42. The van der Waals surface area contributed by atoms with Gasteiger partial charge in [0.25, 0.3) is 0 Å². The molecule has 1 aliphatic heterocycles. The van der Waals surface area contributed by atoms with E-state index in [2.05, 4.69) is 53.7 Å². The third kappa shape index (κ3) is 3.28. The SMILES string of the molecule is CC(C)(C)c1cc2c(c(C(C)(C)C)c1)OC(=O)C2c1ccc(CN)cc1. The van der Waals surface area contributed by atoms with Crippen molar-refractivity contribution >= 4 is 5.97 Å². The minimum absolute atomic E-state index is 0.00533. The first-order chi connectivity index (χ1) is 12.0. The molecule has 0 radical (unpaired) electrons. The van der Waals surface area contributed by atoms with Gasteiger partial charge in [-0.1, -0.05) is 77.9 Å². The van der Waals surface area contributed by atoms with Crippen LogP contribution >= 0.6 is 0 Å². The number of hydrogen-bond acceptors (Lipinski definition) is 3. The Balaban J connectivity index is 2.21. The molecule has 2 N–H and O–H groups in total. The summed E-state index contributed by atoms with van der Waals surface area (Å²) in [6.07, 6.45) is 0. The molecule has 1 atom stereocenters. The van der Waals surface area contributed by atoms with Crippen LogP contribution in [-0.4, -0.2) is 5.97 Å². The van der Waals surface area contributed by atoms with Gasteiger partial charge in [0.15, 0.2) is 0 Å². The quantitative estimate of drug-likeness (QED) is 0.625. The van der Waals surface area contributed by atoms with Gasteiger partial charge >= 0.3 is 5.97 Å². The van der Waals surface area contributed by atoms with Gasteiger partial charge in [0, 0.05) is 17.7 Å². The Hall–Kier alpha value is -2.13. The number of rotatable bonds is 2. The van der Waals surface area contributed by atoms with Gasteiger partial charge in [-0.2, -0.15) is 0 Å². The van der Waals surface area contributed by atoms with Crippen LogP contribution in [0.4, 0.5) is 0 Å². The van der Waals surface area contributed by atoms with Gasteiger partial charge in [-0.3, -0.25) is 4.79 Å². The molecule has 1 aliphatic rings. The molecule has 26 heavy (non-hydrogen) atoms. The molecule has 0 saturated carbocycles. The lowest BCUT2D eigenvalue weighted by atomic mass is 9.77. The van der Waals surface area contributed by atoms with Crippen molar-refractivity contribution in [3.05, 3.63) is 64.2 Å². The van der Waals surface area contributed by atoms with Gasteiger partial charge in [0.05, 0.1) is 0 Å². The van der Waals surface area contributed by atoms with Crippen molar-refractivity contribution < 1.29 is 9.53 Å². The summed E-state index contributed by atoms with van der Waals surface area (Å²) in [7, 11) is 0. The highest BCUT2D eigenvalue weighted by atomic mass is 16.5. The summed E-state index contributed by atoms with van der Waals surface area (Å²) in [5, 5.41) is 0. The van der Waals surface area contributed by atoms with Crippen LogP contribution < -0.4 is 10.5 Å². The number of ether oxygens (including phenoxy) is 1. The van der Waals surface area contributed by atoms with Crippen LogP contribution in [0.2, 0.25) is 0 Å². The molecule has 0 saturated heterocycles. The molecule has 138 valence electrons. The topological polar surface area (TPSA) is 52.3 Å². The average Bonchev–Trinajstić information content (AvgIpc) is 2.88. The van der Waals surface area contributed by atoms with Gasteiger partial charge in [0.1, 0.15) is 11.7 Å². The van der Waals surface area contributed by atoms with Crippen molar-refractivity contribution in [3.8, 4) is 5.75 Å². The van der Waals surface area contributed by atoms with E-state index in [1.54, 1.807) is 0 Å². The van der Waals surface area contributed by atoms with E-state index in [9.17, 15) is 4.79 Å². The van der Waals surface area contributed by atoms with Gasteiger partial charge < -0.3 is 10.5 Å². The Morgan fingerprint density at radius 1 is 0.962 bits per heavy atom. The van der Waals surface area contributed by atoms with Crippen LogP contribution in [0.15, 0.2) is 36.4 Å². The molecular formula is C23H29NO2. The number of hydrogen-bond donors (Lipinski definition) is 1. The highest BCUT2D eigenvalue weighted by molar-refractivity contribution is 5.90. The highest BCUT2D eigenvalue weighted by Crippen LogP contribution is 2.47. The van der Waals surface area contributed by atoms with Crippen LogP contribution in [0.3, 0.4) is 0 Å². The Bertz CT molecular complexity index is 836. The largest absolute Gasteiger partial charge is 0.425 e. The molecule has 0 aromatic heterocycles. The number of nitrogens with two attached hydrogens (primary N) is 1. The van der Waals surface area contributed by atoms with Gasteiger partial charge in [-0.15, -0.1) is 0 Å². The second-order valence-electron chi connectivity index (χ2n) is 9.24. The summed E-state index contributed by atoms with van der Waals surface area (Å²) in [6, 6.07) is 12.3. The lowest BCUT2D eigenvalue weighted by molar-refractivity contribution is -0.133. The Labute approximate surface area is 156 Å². The minimum Gasteiger partial charge on any atom is -0.425 e. The van der Waals surface area contributed by atoms with E-state index in [1.807, 2.05) is 24.3 Å². The maximum Gasteiger partial charge on any atom is 0.323 e. The average molecular weight is 351 g/mol. The van der Waals surface area contributed by atoms with E-state index in [0.29, 0.717) is 6.54 Å². The van der Waals surface area contributed by atoms with E-state index >= 15 is 0 Å². The van der Waals surface area contributed by atoms with E-state index in [-0.39, 0.29) is 22.7 Å². The lowest BCUT2D eigenvalue weighted by Crippen LogP contribution is -2.17. The maximum absolute atomic E-state index is 12.8. The van der Waals surface area contributed by atoms with E-state index in [1.165, 1.54) is 5.56 Å². The molecule has 0 spiro atoms. The van der Waals surface area contributed by atoms with Gasteiger partial charge in [-0.05, 0) is 27.5 Å². The van der Waals surface area contributed by atoms with Gasteiger partial charge in [-0.25, -0.2) is 0 Å². The predicted octanol–water partition coefficient (Wildman–Crippen LogP) is 4.79. The molecule has 2 aromatic carbocycles. The number of carbonyl (C=O) groups excluding carboxylic acids is 1. The first kappa shape index (κ1) is 18.7. The van der Waals surface area contributed by atoms with Crippen molar-refractivity contribution in [2.75, 3.05) is 0 Å². The number of esters is 1. The van der Waals surface area contributed by atoms with Crippen molar-refractivity contribution in [1.29, 1.82) is 0 Å². The smallest absolute Gasteiger partial charge is 0.323 e. The summed E-state index contributed by atoms with van der Waals surface area (Å²) in [5.41, 5.74) is 10.9. The van der Waals surface area contributed by atoms with Gasteiger partial charge in [0.2, 0.25) is 0 Å². The van der Waals surface area contributed by atoms with Crippen LogP contribution in [-0.2, 0) is 22.2 Å². The zero-order valence-electron chi connectivity index (χ0n) is 16.6. The van der Waals surface area contributed by atoms with Crippen molar-refractivity contribution in [2.45, 2.75) is 64.8 Å². The molecule has 3 nitrogen and oxygen atoms in total. The Kier molecular flexibility index (Phi) is 4.48. The summed E-state index contributed by atoms with van der Waals surface area (Å²) in [6.45, 7) is 13.6. The molecular weight excluding hydrogens is 322 g/mol. The Morgan fingerprint density at radius 2 is 1.58 bits per heavy atom. The van der Waals surface area contributed by atoms with Crippen molar-refractivity contribution in [1.82, 2.24) is 0 Å². The first-order valence-corrected chi connectivity index (χ1v) is 9.22. The van der Waals surface area contributed by atoms with E-state index < -0.39 is 0 Å². The second-order valence-corrected chi connectivity index (χ2v) is 9.24. The third-order valence-corrected chi connectivity index (χ3v) is 5.09. The third-order valence-electron chi connectivity index (χ3n) is 5.09. The molecule has 0 amide bonds.